The fraction of sp³-hybridized carbons (Fsp3) is 0.0588. The Kier molecular flexibility index (Phi) is 3.59. The van der Waals surface area contributed by atoms with Crippen molar-refractivity contribution in [2.75, 3.05) is 5.73 Å². The molecule has 3 aromatic rings. The van der Waals surface area contributed by atoms with Gasteiger partial charge in [-0.2, -0.15) is 0 Å². The predicted molar refractivity (Wildman–Crippen MR) is 87.1 cm³/mol. The summed E-state index contributed by atoms with van der Waals surface area (Å²) in [7, 11) is 0. The molecule has 0 amide bonds. The maximum Gasteiger partial charge on any atom is 0.221 e. The van der Waals surface area contributed by atoms with Gasteiger partial charge in [-0.05, 0) is 19.1 Å². The normalized spacial score (nSPS) is 10.6. The molecule has 4 heteroatoms. The van der Waals surface area contributed by atoms with Crippen LogP contribution in [0.25, 0.3) is 22.5 Å². The number of rotatable bonds is 2. The molecule has 0 saturated heterocycles. The van der Waals surface area contributed by atoms with Crippen LogP contribution >= 0.6 is 11.6 Å². The topological polar surface area (TPSA) is 51.8 Å². The second-order valence-corrected chi connectivity index (χ2v) is 5.25. The van der Waals surface area contributed by atoms with E-state index in [0.29, 0.717) is 5.02 Å². The highest BCUT2D eigenvalue weighted by atomic mass is 35.5. The minimum Gasteiger partial charge on any atom is -0.368 e. The summed E-state index contributed by atoms with van der Waals surface area (Å²) in [4.78, 5) is 8.60. The minimum absolute atomic E-state index is 0.239. The van der Waals surface area contributed by atoms with E-state index in [4.69, 9.17) is 17.3 Å². The van der Waals surface area contributed by atoms with Crippen molar-refractivity contribution in [2.24, 2.45) is 0 Å². The van der Waals surface area contributed by atoms with Crippen LogP contribution in [0.3, 0.4) is 0 Å². The van der Waals surface area contributed by atoms with Crippen LogP contribution in [-0.2, 0) is 0 Å². The highest BCUT2D eigenvalue weighted by molar-refractivity contribution is 6.33. The van der Waals surface area contributed by atoms with Crippen LogP contribution in [0.1, 0.15) is 5.56 Å². The summed E-state index contributed by atoms with van der Waals surface area (Å²) in [5.74, 6) is 0.239. The quantitative estimate of drug-likeness (QED) is 0.764. The average molecular weight is 296 g/mol. The van der Waals surface area contributed by atoms with Crippen LogP contribution in [-0.4, -0.2) is 9.97 Å². The summed E-state index contributed by atoms with van der Waals surface area (Å²) < 4.78 is 0. The highest BCUT2D eigenvalue weighted by Gasteiger charge is 2.09. The lowest BCUT2D eigenvalue weighted by molar-refractivity contribution is 1.19. The van der Waals surface area contributed by atoms with Gasteiger partial charge in [-0.25, -0.2) is 9.97 Å². The Morgan fingerprint density at radius 3 is 2.29 bits per heavy atom. The van der Waals surface area contributed by atoms with Gasteiger partial charge in [0.1, 0.15) is 0 Å². The number of benzene rings is 2. The highest BCUT2D eigenvalue weighted by Crippen LogP contribution is 2.29. The van der Waals surface area contributed by atoms with Gasteiger partial charge in [0, 0.05) is 16.1 Å². The number of anilines is 1. The average Bonchev–Trinajstić information content (AvgIpc) is 2.48. The number of nitrogen functional groups attached to an aromatic ring is 1. The van der Waals surface area contributed by atoms with E-state index in [9.17, 15) is 0 Å². The Morgan fingerprint density at radius 1 is 0.905 bits per heavy atom. The van der Waals surface area contributed by atoms with Gasteiger partial charge in [0.2, 0.25) is 5.95 Å². The van der Waals surface area contributed by atoms with E-state index >= 15 is 0 Å². The number of aryl methyl sites for hydroxylation is 1. The molecular formula is C17H14ClN3. The van der Waals surface area contributed by atoms with Gasteiger partial charge in [0.05, 0.1) is 11.4 Å². The SMILES string of the molecule is Cc1ccc(-c2cc(-c3ccccc3Cl)nc(N)n2)cc1. The van der Waals surface area contributed by atoms with Crippen LogP contribution in [0.15, 0.2) is 54.6 Å². The third kappa shape index (κ3) is 2.88. The van der Waals surface area contributed by atoms with E-state index in [-0.39, 0.29) is 5.95 Å². The molecular weight excluding hydrogens is 282 g/mol. The number of nitrogens with two attached hydrogens (primary N) is 1. The van der Waals surface area contributed by atoms with Crippen molar-refractivity contribution in [3.63, 3.8) is 0 Å². The molecule has 0 fully saturated rings. The van der Waals surface area contributed by atoms with Crippen molar-refractivity contribution in [1.29, 1.82) is 0 Å². The molecule has 3 nitrogen and oxygen atoms in total. The standard InChI is InChI=1S/C17H14ClN3/c1-11-6-8-12(9-7-11)15-10-16(21-17(19)20-15)13-4-2-3-5-14(13)18/h2-10H,1H3,(H2,19,20,21). The first-order valence-corrected chi connectivity index (χ1v) is 6.98. The molecule has 0 atom stereocenters. The van der Waals surface area contributed by atoms with Crippen molar-refractivity contribution >= 4 is 17.5 Å². The number of nitrogens with zero attached hydrogens (tertiary/aromatic N) is 2. The Labute approximate surface area is 128 Å². The largest absolute Gasteiger partial charge is 0.368 e. The Morgan fingerprint density at radius 2 is 1.57 bits per heavy atom. The molecule has 0 aliphatic heterocycles. The van der Waals surface area contributed by atoms with E-state index in [1.165, 1.54) is 5.56 Å². The van der Waals surface area contributed by atoms with Crippen LogP contribution in [0.4, 0.5) is 5.95 Å². The summed E-state index contributed by atoms with van der Waals surface area (Å²) in [6.07, 6.45) is 0. The van der Waals surface area contributed by atoms with Gasteiger partial charge in [-0.15, -0.1) is 0 Å². The fourth-order valence-corrected chi connectivity index (χ4v) is 2.38. The summed E-state index contributed by atoms with van der Waals surface area (Å²) in [6.45, 7) is 2.05. The number of halogens is 1. The zero-order chi connectivity index (χ0) is 14.8. The van der Waals surface area contributed by atoms with Crippen LogP contribution in [0, 0.1) is 6.92 Å². The number of hydrogen-bond acceptors (Lipinski definition) is 3. The van der Waals surface area contributed by atoms with Crippen molar-refractivity contribution in [1.82, 2.24) is 9.97 Å². The molecule has 0 radical (unpaired) electrons. The van der Waals surface area contributed by atoms with Gasteiger partial charge in [0.15, 0.2) is 0 Å². The molecule has 3 rings (SSSR count). The second-order valence-electron chi connectivity index (χ2n) is 4.84. The minimum atomic E-state index is 0.239. The first kappa shape index (κ1) is 13.6. The van der Waals surface area contributed by atoms with Crippen LogP contribution < -0.4 is 5.73 Å². The summed E-state index contributed by atoms with van der Waals surface area (Å²) in [5, 5.41) is 0.644. The van der Waals surface area contributed by atoms with Crippen LogP contribution in [0.2, 0.25) is 5.02 Å². The van der Waals surface area contributed by atoms with Gasteiger partial charge < -0.3 is 5.73 Å². The molecule has 1 aromatic heterocycles. The molecule has 0 aliphatic rings. The maximum atomic E-state index is 6.23. The van der Waals surface area contributed by atoms with Crippen LogP contribution in [0.5, 0.6) is 0 Å². The summed E-state index contributed by atoms with van der Waals surface area (Å²) in [6, 6.07) is 17.6. The molecule has 2 aromatic carbocycles. The molecule has 0 aliphatic carbocycles. The Balaban J connectivity index is 2.13. The third-order valence-corrected chi connectivity index (χ3v) is 3.57. The lowest BCUT2D eigenvalue weighted by Gasteiger charge is -2.08. The van der Waals surface area contributed by atoms with Gasteiger partial charge in [0.25, 0.3) is 0 Å². The van der Waals surface area contributed by atoms with Crippen molar-refractivity contribution in [3.8, 4) is 22.5 Å². The molecule has 0 saturated carbocycles. The van der Waals surface area contributed by atoms with E-state index in [2.05, 4.69) is 9.97 Å². The lowest BCUT2D eigenvalue weighted by Crippen LogP contribution is -1.99. The van der Waals surface area contributed by atoms with Gasteiger partial charge >= 0.3 is 0 Å². The van der Waals surface area contributed by atoms with E-state index < -0.39 is 0 Å². The Hall–Kier alpha value is -2.39. The molecule has 0 spiro atoms. The first-order valence-electron chi connectivity index (χ1n) is 6.60. The van der Waals surface area contributed by atoms with Crippen molar-refractivity contribution in [2.45, 2.75) is 6.92 Å². The monoisotopic (exact) mass is 295 g/mol. The van der Waals surface area contributed by atoms with E-state index in [1.54, 1.807) is 0 Å². The van der Waals surface area contributed by atoms with E-state index in [1.807, 2.05) is 61.5 Å². The molecule has 0 bridgehead atoms. The third-order valence-electron chi connectivity index (χ3n) is 3.24. The van der Waals surface area contributed by atoms with Crippen molar-refractivity contribution < 1.29 is 0 Å². The zero-order valence-corrected chi connectivity index (χ0v) is 12.3. The van der Waals surface area contributed by atoms with E-state index in [0.717, 1.165) is 22.5 Å². The molecule has 104 valence electrons. The number of hydrogen-bond donors (Lipinski definition) is 1. The van der Waals surface area contributed by atoms with Gasteiger partial charge in [-0.1, -0.05) is 59.6 Å². The molecule has 2 N–H and O–H groups in total. The lowest BCUT2D eigenvalue weighted by atomic mass is 10.1. The smallest absolute Gasteiger partial charge is 0.221 e. The number of aromatic nitrogens is 2. The fourth-order valence-electron chi connectivity index (χ4n) is 2.14. The maximum absolute atomic E-state index is 6.23. The van der Waals surface area contributed by atoms with Crippen molar-refractivity contribution in [3.05, 3.63) is 65.2 Å². The predicted octanol–water partition coefficient (Wildman–Crippen LogP) is 4.35. The Bertz CT molecular complexity index is 782. The first-order chi connectivity index (χ1) is 10.1. The second kappa shape index (κ2) is 5.54. The summed E-state index contributed by atoms with van der Waals surface area (Å²) in [5.41, 5.74) is 10.4. The molecule has 21 heavy (non-hydrogen) atoms. The van der Waals surface area contributed by atoms with Gasteiger partial charge in [-0.3, -0.25) is 0 Å². The summed E-state index contributed by atoms with van der Waals surface area (Å²) >= 11 is 6.23. The zero-order valence-electron chi connectivity index (χ0n) is 11.5. The molecule has 1 heterocycles. The molecule has 0 unspecified atom stereocenters.